The Morgan fingerprint density at radius 1 is 1.38 bits per heavy atom. The minimum Gasteiger partial charge on any atom is -0.463 e. The summed E-state index contributed by atoms with van der Waals surface area (Å²) in [4.78, 5) is 22.3. The van der Waals surface area contributed by atoms with Crippen LogP contribution in [0.5, 0.6) is 0 Å². The van der Waals surface area contributed by atoms with Crippen molar-refractivity contribution in [3.8, 4) is 0 Å². The van der Waals surface area contributed by atoms with Gasteiger partial charge in [0.2, 0.25) is 0 Å². The number of allylic oxidation sites excluding steroid dienone is 2. The van der Waals surface area contributed by atoms with Gasteiger partial charge >= 0.3 is 5.97 Å². The Bertz CT molecular complexity index is 326. The van der Waals surface area contributed by atoms with Gasteiger partial charge in [-0.2, -0.15) is 0 Å². The number of aldehydes is 1. The van der Waals surface area contributed by atoms with Crippen LogP contribution in [0.25, 0.3) is 0 Å². The molecule has 0 amide bonds. The van der Waals surface area contributed by atoms with Crippen LogP contribution < -0.4 is 0 Å². The molecule has 16 heavy (non-hydrogen) atoms. The fraction of sp³-hybridized carbons (Fsp3) is 0.692. The normalized spacial score (nSPS) is 27.8. The Morgan fingerprint density at radius 3 is 2.38 bits per heavy atom. The van der Waals surface area contributed by atoms with Crippen molar-refractivity contribution in [2.24, 2.45) is 17.3 Å². The van der Waals surface area contributed by atoms with Crippen LogP contribution in [0.3, 0.4) is 0 Å². The Kier molecular flexibility index (Phi) is 3.56. The maximum atomic E-state index is 11.8. The van der Waals surface area contributed by atoms with Gasteiger partial charge in [-0.25, -0.2) is 0 Å². The van der Waals surface area contributed by atoms with E-state index in [0.717, 1.165) is 6.29 Å². The van der Waals surface area contributed by atoms with E-state index in [1.165, 1.54) is 0 Å². The van der Waals surface area contributed by atoms with Crippen LogP contribution in [0, 0.1) is 17.3 Å². The molecule has 0 spiro atoms. The van der Waals surface area contributed by atoms with Gasteiger partial charge in [0, 0.05) is 0 Å². The highest BCUT2D eigenvalue weighted by molar-refractivity contribution is 5.79. The van der Waals surface area contributed by atoms with E-state index in [1.807, 2.05) is 33.8 Å². The Labute approximate surface area is 96.9 Å². The molecule has 0 bridgehead atoms. The summed E-state index contributed by atoms with van der Waals surface area (Å²) in [7, 11) is 0. The second-order valence-corrected chi connectivity index (χ2v) is 5.34. The van der Waals surface area contributed by atoms with E-state index in [9.17, 15) is 9.59 Å². The molecule has 0 N–H and O–H groups in total. The molecule has 0 heterocycles. The quantitative estimate of drug-likeness (QED) is 0.418. The van der Waals surface area contributed by atoms with Crippen LogP contribution in [0.15, 0.2) is 11.6 Å². The van der Waals surface area contributed by atoms with Crippen molar-refractivity contribution in [2.75, 3.05) is 0 Å². The zero-order chi connectivity index (χ0) is 12.5. The molecule has 1 saturated carbocycles. The molecule has 0 aromatic carbocycles. The van der Waals surface area contributed by atoms with Gasteiger partial charge in [0.15, 0.2) is 0 Å². The lowest BCUT2D eigenvalue weighted by atomic mass is 10.1. The number of rotatable bonds is 4. The third kappa shape index (κ3) is 2.52. The average Bonchev–Trinajstić information content (AvgIpc) is 2.66. The monoisotopic (exact) mass is 224 g/mol. The van der Waals surface area contributed by atoms with Crippen molar-refractivity contribution >= 4 is 12.3 Å². The third-order valence-corrected chi connectivity index (χ3v) is 3.14. The van der Waals surface area contributed by atoms with Gasteiger partial charge in [-0.3, -0.25) is 9.59 Å². The van der Waals surface area contributed by atoms with E-state index < -0.39 is 0 Å². The van der Waals surface area contributed by atoms with E-state index in [-0.39, 0.29) is 29.3 Å². The molecular formula is C13H20O3. The summed E-state index contributed by atoms with van der Waals surface area (Å²) in [5, 5.41) is 0. The molecule has 1 aliphatic rings. The van der Waals surface area contributed by atoms with Crippen molar-refractivity contribution < 1.29 is 14.3 Å². The standard InChI is InChI=1S/C13H20O3/c1-8(2)16-12(15)11-10(13(11,4)5)6-9(3)7-14/h6-8,10-11H,1-5H3/b9-6+. The van der Waals surface area contributed by atoms with Gasteiger partial charge in [0.25, 0.3) is 0 Å². The Morgan fingerprint density at radius 2 is 1.94 bits per heavy atom. The molecule has 2 atom stereocenters. The number of esters is 1. The van der Waals surface area contributed by atoms with Crippen LogP contribution in [0.2, 0.25) is 0 Å². The number of hydrogen-bond acceptors (Lipinski definition) is 3. The first kappa shape index (κ1) is 12.9. The number of ether oxygens (including phenoxy) is 1. The molecule has 3 heteroatoms. The zero-order valence-corrected chi connectivity index (χ0v) is 10.6. The van der Waals surface area contributed by atoms with Gasteiger partial charge in [0.1, 0.15) is 6.29 Å². The van der Waals surface area contributed by atoms with E-state index >= 15 is 0 Å². The lowest BCUT2D eigenvalue weighted by Gasteiger charge is -2.08. The van der Waals surface area contributed by atoms with Gasteiger partial charge in [-0.15, -0.1) is 0 Å². The highest BCUT2D eigenvalue weighted by Gasteiger charge is 2.61. The second-order valence-electron chi connectivity index (χ2n) is 5.34. The highest BCUT2D eigenvalue weighted by Crippen LogP contribution is 2.59. The van der Waals surface area contributed by atoms with Crippen molar-refractivity contribution in [1.82, 2.24) is 0 Å². The van der Waals surface area contributed by atoms with Gasteiger partial charge in [0.05, 0.1) is 12.0 Å². The first-order chi connectivity index (χ1) is 7.30. The van der Waals surface area contributed by atoms with Gasteiger partial charge in [-0.1, -0.05) is 19.9 Å². The summed E-state index contributed by atoms with van der Waals surface area (Å²) < 4.78 is 5.20. The summed E-state index contributed by atoms with van der Waals surface area (Å²) >= 11 is 0. The van der Waals surface area contributed by atoms with E-state index in [2.05, 4.69) is 0 Å². The molecule has 0 aliphatic heterocycles. The molecule has 3 nitrogen and oxygen atoms in total. The Hall–Kier alpha value is -1.12. The maximum Gasteiger partial charge on any atom is 0.310 e. The third-order valence-electron chi connectivity index (χ3n) is 3.14. The average molecular weight is 224 g/mol. The smallest absolute Gasteiger partial charge is 0.310 e. The van der Waals surface area contributed by atoms with E-state index in [0.29, 0.717) is 5.57 Å². The number of carbonyl (C=O) groups excluding carboxylic acids is 2. The first-order valence-corrected chi connectivity index (χ1v) is 5.64. The number of carbonyl (C=O) groups is 2. The van der Waals surface area contributed by atoms with Gasteiger partial charge < -0.3 is 4.74 Å². The summed E-state index contributed by atoms with van der Waals surface area (Å²) in [5.74, 6) is -0.131. The molecule has 0 aromatic heterocycles. The summed E-state index contributed by atoms with van der Waals surface area (Å²) in [6.45, 7) is 9.49. The minimum atomic E-state index is -0.153. The van der Waals surface area contributed by atoms with E-state index in [1.54, 1.807) is 6.92 Å². The van der Waals surface area contributed by atoms with Crippen LogP contribution in [0.4, 0.5) is 0 Å². The molecule has 0 radical (unpaired) electrons. The van der Waals surface area contributed by atoms with Crippen molar-refractivity contribution in [3.05, 3.63) is 11.6 Å². The second kappa shape index (κ2) is 4.40. The van der Waals surface area contributed by atoms with Crippen LogP contribution in [-0.4, -0.2) is 18.4 Å². The largest absolute Gasteiger partial charge is 0.463 e. The zero-order valence-electron chi connectivity index (χ0n) is 10.6. The summed E-state index contributed by atoms with van der Waals surface area (Å²) in [6.07, 6.45) is 2.61. The SMILES string of the molecule is C/C(C=O)=C\C1C(C(=O)OC(C)C)C1(C)C. The molecular weight excluding hydrogens is 204 g/mol. The molecule has 1 rings (SSSR count). The van der Waals surface area contributed by atoms with E-state index in [4.69, 9.17) is 4.74 Å². The summed E-state index contributed by atoms with van der Waals surface area (Å²) in [6, 6.07) is 0. The highest BCUT2D eigenvalue weighted by atomic mass is 16.5. The summed E-state index contributed by atoms with van der Waals surface area (Å²) in [5.41, 5.74) is 0.592. The fourth-order valence-corrected chi connectivity index (χ4v) is 2.07. The van der Waals surface area contributed by atoms with Gasteiger partial charge in [-0.05, 0) is 37.7 Å². The maximum absolute atomic E-state index is 11.8. The lowest BCUT2D eigenvalue weighted by molar-refractivity contribution is -0.150. The topological polar surface area (TPSA) is 43.4 Å². The number of hydrogen-bond donors (Lipinski definition) is 0. The van der Waals surface area contributed by atoms with Crippen LogP contribution >= 0.6 is 0 Å². The predicted octanol–water partition coefficient (Wildman–Crippen LogP) is 2.36. The predicted molar refractivity (Wildman–Crippen MR) is 61.8 cm³/mol. The minimum absolute atomic E-state index is 0.0827. The molecule has 0 saturated heterocycles. The lowest BCUT2D eigenvalue weighted by Crippen LogP contribution is -2.15. The van der Waals surface area contributed by atoms with Crippen LogP contribution in [0.1, 0.15) is 34.6 Å². The molecule has 1 aliphatic carbocycles. The van der Waals surface area contributed by atoms with Crippen molar-refractivity contribution in [2.45, 2.75) is 40.7 Å². The Balaban J connectivity index is 2.71. The fourth-order valence-electron chi connectivity index (χ4n) is 2.07. The molecule has 2 unspecified atom stereocenters. The molecule has 1 fully saturated rings. The van der Waals surface area contributed by atoms with Crippen molar-refractivity contribution in [3.63, 3.8) is 0 Å². The van der Waals surface area contributed by atoms with Crippen LogP contribution in [-0.2, 0) is 14.3 Å². The van der Waals surface area contributed by atoms with Crippen molar-refractivity contribution in [1.29, 1.82) is 0 Å². The first-order valence-electron chi connectivity index (χ1n) is 5.64. The molecule has 90 valence electrons. The molecule has 0 aromatic rings.